The van der Waals surface area contributed by atoms with E-state index >= 15 is 0 Å². The molecule has 4 heteroatoms. The molecule has 20 heavy (non-hydrogen) atoms. The first-order chi connectivity index (χ1) is 9.58. The van der Waals surface area contributed by atoms with E-state index in [0.29, 0.717) is 11.5 Å². The molecule has 0 saturated carbocycles. The summed E-state index contributed by atoms with van der Waals surface area (Å²) < 4.78 is 19.7. The Morgan fingerprint density at radius 3 is 2.80 bits per heavy atom. The second kappa shape index (κ2) is 6.86. The summed E-state index contributed by atoms with van der Waals surface area (Å²) in [6.07, 6.45) is 1.73. The van der Waals surface area contributed by atoms with Gasteiger partial charge in [0.2, 0.25) is 0 Å². The van der Waals surface area contributed by atoms with Crippen LogP contribution in [0, 0.1) is 5.82 Å². The molecule has 0 aliphatic rings. The Hall–Kier alpha value is -1.39. The van der Waals surface area contributed by atoms with Crippen LogP contribution in [0.15, 0.2) is 46.9 Å². The average molecular weight is 338 g/mol. The standard InChI is InChI=1S/C16H17BrFNO/c1-2-13(19)8-11-4-3-5-14(9-11)20-16-10-12(18)6-7-15(16)17/h3-7,9-10,13H,2,8,19H2,1H3. The summed E-state index contributed by atoms with van der Waals surface area (Å²) in [6, 6.07) is 12.2. The maximum absolute atomic E-state index is 13.2. The number of nitrogens with two attached hydrogens (primary N) is 1. The van der Waals surface area contributed by atoms with Crippen molar-refractivity contribution in [2.45, 2.75) is 25.8 Å². The molecule has 0 heterocycles. The minimum absolute atomic E-state index is 0.145. The minimum Gasteiger partial charge on any atom is -0.456 e. The van der Waals surface area contributed by atoms with Gasteiger partial charge in [-0.15, -0.1) is 0 Å². The van der Waals surface area contributed by atoms with Crippen molar-refractivity contribution in [3.05, 3.63) is 58.3 Å². The van der Waals surface area contributed by atoms with Gasteiger partial charge in [0, 0.05) is 12.1 Å². The summed E-state index contributed by atoms with van der Waals surface area (Å²) in [5, 5.41) is 0. The third-order valence-electron chi connectivity index (χ3n) is 3.04. The molecular weight excluding hydrogens is 321 g/mol. The normalized spacial score (nSPS) is 12.2. The zero-order chi connectivity index (χ0) is 14.5. The van der Waals surface area contributed by atoms with Crippen molar-refractivity contribution < 1.29 is 9.13 Å². The van der Waals surface area contributed by atoms with Crippen LogP contribution >= 0.6 is 15.9 Å². The minimum atomic E-state index is -0.327. The number of benzene rings is 2. The molecule has 2 aromatic carbocycles. The zero-order valence-electron chi connectivity index (χ0n) is 11.3. The molecule has 0 radical (unpaired) electrons. The van der Waals surface area contributed by atoms with E-state index in [0.717, 1.165) is 22.9 Å². The van der Waals surface area contributed by atoms with E-state index in [4.69, 9.17) is 10.5 Å². The second-order valence-electron chi connectivity index (χ2n) is 4.70. The average Bonchev–Trinajstić information content (AvgIpc) is 2.43. The number of rotatable bonds is 5. The molecule has 0 spiro atoms. The molecule has 2 rings (SSSR count). The van der Waals surface area contributed by atoms with Gasteiger partial charge in [-0.1, -0.05) is 19.1 Å². The lowest BCUT2D eigenvalue weighted by Crippen LogP contribution is -2.21. The molecule has 106 valence electrons. The second-order valence-corrected chi connectivity index (χ2v) is 5.55. The fourth-order valence-corrected chi connectivity index (χ4v) is 2.19. The van der Waals surface area contributed by atoms with Crippen LogP contribution in [0.2, 0.25) is 0 Å². The summed E-state index contributed by atoms with van der Waals surface area (Å²) in [4.78, 5) is 0. The topological polar surface area (TPSA) is 35.2 Å². The molecule has 0 saturated heterocycles. The number of hydrogen-bond donors (Lipinski definition) is 1. The van der Waals surface area contributed by atoms with Gasteiger partial charge >= 0.3 is 0 Å². The van der Waals surface area contributed by atoms with Crippen molar-refractivity contribution in [2.24, 2.45) is 5.73 Å². The molecule has 2 aromatic rings. The fraction of sp³-hybridized carbons (Fsp3) is 0.250. The van der Waals surface area contributed by atoms with E-state index in [1.54, 1.807) is 6.07 Å². The maximum atomic E-state index is 13.2. The molecule has 0 bridgehead atoms. The Labute approximate surface area is 126 Å². The van der Waals surface area contributed by atoms with Crippen LogP contribution < -0.4 is 10.5 Å². The Balaban J connectivity index is 2.17. The number of hydrogen-bond acceptors (Lipinski definition) is 2. The quantitative estimate of drug-likeness (QED) is 0.861. The highest BCUT2D eigenvalue weighted by atomic mass is 79.9. The van der Waals surface area contributed by atoms with Crippen molar-refractivity contribution in [1.29, 1.82) is 0 Å². The Morgan fingerprint density at radius 1 is 1.25 bits per heavy atom. The van der Waals surface area contributed by atoms with Crippen LogP contribution in [0.1, 0.15) is 18.9 Å². The Kier molecular flexibility index (Phi) is 5.15. The predicted molar refractivity (Wildman–Crippen MR) is 82.6 cm³/mol. The van der Waals surface area contributed by atoms with Crippen LogP contribution in [0.25, 0.3) is 0 Å². The van der Waals surface area contributed by atoms with Crippen LogP contribution in [0.4, 0.5) is 4.39 Å². The van der Waals surface area contributed by atoms with Crippen LogP contribution in [-0.4, -0.2) is 6.04 Å². The van der Waals surface area contributed by atoms with Gasteiger partial charge in [0.25, 0.3) is 0 Å². The molecular formula is C16H17BrFNO. The van der Waals surface area contributed by atoms with Gasteiger partial charge in [-0.25, -0.2) is 4.39 Å². The summed E-state index contributed by atoms with van der Waals surface area (Å²) in [6.45, 7) is 2.06. The van der Waals surface area contributed by atoms with Crippen molar-refractivity contribution >= 4 is 15.9 Å². The summed E-state index contributed by atoms with van der Waals surface area (Å²) >= 11 is 3.35. The van der Waals surface area contributed by atoms with Crippen molar-refractivity contribution in [3.63, 3.8) is 0 Å². The number of ether oxygens (including phenoxy) is 1. The zero-order valence-corrected chi connectivity index (χ0v) is 12.9. The van der Waals surface area contributed by atoms with Gasteiger partial charge < -0.3 is 10.5 Å². The monoisotopic (exact) mass is 337 g/mol. The van der Waals surface area contributed by atoms with E-state index in [2.05, 4.69) is 22.9 Å². The fourth-order valence-electron chi connectivity index (χ4n) is 1.87. The molecule has 0 aromatic heterocycles. The Morgan fingerprint density at radius 2 is 2.05 bits per heavy atom. The maximum Gasteiger partial charge on any atom is 0.144 e. The van der Waals surface area contributed by atoms with Gasteiger partial charge in [-0.2, -0.15) is 0 Å². The summed E-state index contributed by atoms with van der Waals surface area (Å²) in [5.41, 5.74) is 7.07. The highest BCUT2D eigenvalue weighted by molar-refractivity contribution is 9.10. The first kappa shape index (κ1) is 15.0. The predicted octanol–water partition coefficient (Wildman–Crippen LogP) is 4.66. The molecule has 2 N–H and O–H groups in total. The number of halogens is 2. The lowest BCUT2D eigenvalue weighted by Gasteiger charge is -2.11. The van der Waals surface area contributed by atoms with Gasteiger partial charge in [-0.05, 0) is 58.6 Å². The first-order valence-electron chi connectivity index (χ1n) is 6.56. The van der Waals surface area contributed by atoms with Gasteiger partial charge in [-0.3, -0.25) is 0 Å². The van der Waals surface area contributed by atoms with E-state index in [1.807, 2.05) is 24.3 Å². The smallest absolute Gasteiger partial charge is 0.144 e. The molecule has 0 aliphatic heterocycles. The molecule has 1 atom stereocenters. The first-order valence-corrected chi connectivity index (χ1v) is 7.35. The van der Waals surface area contributed by atoms with Crippen LogP contribution in [-0.2, 0) is 6.42 Å². The summed E-state index contributed by atoms with van der Waals surface area (Å²) in [5.74, 6) is 0.811. The highest BCUT2D eigenvalue weighted by Gasteiger charge is 2.06. The van der Waals surface area contributed by atoms with E-state index in [-0.39, 0.29) is 11.9 Å². The lowest BCUT2D eigenvalue weighted by atomic mass is 10.0. The Bertz CT molecular complexity index is 588. The van der Waals surface area contributed by atoms with E-state index in [9.17, 15) is 4.39 Å². The van der Waals surface area contributed by atoms with Crippen molar-refractivity contribution in [3.8, 4) is 11.5 Å². The van der Waals surface area contributed by atoms with E-state index < -0.39 is 0 Å². The third kappa shape index (κ3) is 4.05. The molecule has 0 fully saturated rings. The van der Waals surface area contributed by atoms with Gasteiger partial charge in [0.15, 0.2) is 0 Å². The molecule has 0 amide bonds. The third-order valence-corrected chi connectivity index (χ3v) is 3.70. The van der Waals surface area contributed by atoms with Gasteiger partial charge in [0.1, 0.15) is 17.3 Å². The lowest BCUT2D eigenvalue weighted by molar-refractivity contribution is 0.472. The van der Waals surface area contributed by atoms with Crippen LogP contribution in [0.5, 0.6) is 11.5 Å². The SMILES string of the molecule is CCC(N)Cc1cccc(Oc2cc(F)ccc2Br)c1. The molecule has 1 unspecified atom stereocenters. The largest absolute Gasteiger partial charge is 0.456 e. The van der Waals surface area contributed by atoms with Crippen LogP contribution in [0.3, 0.4) is 0 Å². The summed E-state index contributed by atoms with van der Waals surface area (Å²) in [7, 11) is 0. The molecule has 2 nitrogen and oxygen atoms in total. The molecule has 0 aliphatic carbocycles. The van der Waals surface area contributed by atoms with Crippen molar-refractivity contribution in [2.75, 3.05) is 0 Å². The highest BCUT2D eigenvalue weighted by Crippen LogP contribution is 2.30. The van der Waals surface area contributed by atoms with E-state index in [1.165, 1.54) is 12.1 Å². The van der Waals surface area contributed by atoms with Crippen molar-refractivity contribution in [1.82, 2.24) is 0 Å². The van der Waals surface area contributed by atoms with Gasteiger partial charge in [0.05, 0.1) is 4.47 Å².